The van der Waals surface area contributed by atoms with Crippen molar-refractivity contribution in [3.05, 3.63) is 55.1 Å². The van der Waals surface area contributed by atoms with Crippen molar-refractivity contribution in [1.82, 2.24) is 5.48 Å². The molecule has 2 aromatic carbocycles. The van der Waals surface area contributed by atoms with Crippen LogP contribution in [0.4, 0.5) is 20.2 Å². The summed E-state index contributed by atoms with van der Waals surface area (Å²) >= 11 is 5.07. The summed E-state index contributed by atoms with van der Waals surface area (Å²) < 4.78 is 29.5. The minimum absolute atomic E-state index is 0.0408. The highest BCUT2D eigenvalue weighted by molar-refractivity contribution is 14.1. The number of anilines is 2. The number of aryl methyl sites for hydroxylation is 1. The first kappa shape index (κ1) is 23.0. The maximum absolute atomic E-state index is 14.6. The molecule has 0 fully saturated rings. The normalized spacial score (nSPS) is 11.4. The van der Waals surface area contributed by atoms with E-state index < -0.39 is 23.0 Å². The van der Waals surface area contributed by atoms with Gasteiger partial charge in [0.1, 0.15) is 0 Å². The highest BCUT2D eigenvalue weighted by atomic mass is 127. The van der Waals surface area contributed by atoms with Gasteiger partial charge < -0.3 is 10.4 Å². The highest BCUT2D eigenvalue weighted by Crippen LogP contribution is 2.32. The van der Waals surface area contributed by atoms with Crippen molar-refractivity contribution in [2.75, 3.05) is 18.5 Å². The van der Waals surface area contributed by atoms with Crippen LogP contribution in [0.15, 0.2) is 28.7 Å². The Morgan fingerprint density at radius 2 is 1.96 bits per heavy atom. The average molecular weight is 569 g/mol. The van der Waals surface area contributed by atoms with E-state index in [0.29, 0.717) is 5.69 Å². The van der Waals surface area contributed by atoms with Crippen molar-refractivity contribution >= 4 is 55.8 Å². The van der Waals surface area contributed by atoms with Gasteiger partial charge in [-0.05, 0) is 75.3 Å². The first-order valence-corrected chi connectivity index (χ1v) is 10.2. The molecule has 0 bridgehead atoms. The average Bonchev–Trinajstić information content (AvgIpc) is 2.63. The van der Waals surface area contributed by atoms with E-state index in [9.17, 15) is 18.7 Å². The predicted molar refractivity (Wildman–Crippen MR) is 116 cm³/mol. The van der Waals surface area contributed by atoms with Crippen molar-refractivity contribution in [3.63, 3.8) is 0 Å². The van der Waals surface area contributed by atoms with Crippen molar-refractivity contribution in [1.29, 1.82) is 0 Å². The van der Waals surface area contributed by atoms with E-state index in [-0.39, 0.29) is 28.9 Å². The van der Waals surface area contributed by atoms with Gasteiger partial charge in [0.2, 0.25) is 0 Å². The van der Waals surface area contributed by atoms with E-state index in [1.54, 1.807) is 19.9 Å². The lowest BCUT2D eigenvalue weighted by Crippen LogP contribution is -2.32. The molecule has 0 saturated heterocycles. The van der Waals surface area contributed by atoms with Gasteiger partial charge in [-0.25, -0.2) is 14.3 Å². The van der Waals surface area contributed by atoms with Crippen LogP contribution >= 0.6 is 38.5 Å². The van der Waals surface area contributed by atoms with E-state index in [1.165, 1.54) is 6.07 Å². The molecule has 0 atom stereocenters. The van der Waals surface area contributed by atoms with Crippen molar-refractivity contribution in [3.8, 4) is 0 Å². The number of aliphatic hydroxyl groups is 1. The SMILES string of the molecule is Cc1cc(I)ccc1Nc1c(C(=O)NOCC(C)(C)CO)cc(Br)c(F)c1F. The summed E-state index contributed by atoms with van der Waals surface area (Å²) in [4.78, 5) is 17.7. The minimum atomic E-state index is -1.19. The summed E-state index contributed by atoms with van der Waals surface area (Å²) in [5.74, 6) is -3.04. The summed E-state index contributed by atoms with van der Waals surface area (Å²) in [5, 5.41) is 12.0. The van der Waals surface area contributed by atoms with E-state index in [2.05, 4.69) is 49.3 Å². The number of rotatable bonds is 7. The molecule has 0 spiro atoms. The van der Waals surface area contributed by atoms with Crippen LogP contribution in [-0.4, -0.2) is 24.2 Å². The molecule has 0 saturated carbocycles. The summed E-state index contributed by atoms with van der Waals surface area (Å²) in [6.45, 7) is 5.22. The number of carbonyl (C=O) groups is 1. The number of amides is 1. The van der Waals surface area contributed by atoms with Gasteiger partial charge in [0.05, 0.1) is 28.9 Å². The number of benzene rings is 2. The molecule has 0 aromatic heterocycles. The molecule has 3 N–H and O–H groups in total. The van der Waals surface area contributed by atoms with Gasteiger partial charge in [-0.3, -0.25) is 9.63 Å². The molecule has 0 aliphatic carbocycles. The zero-order valence-corrected chi connectivity index (χ0v) is 19.2. The largest absolute Gasteiger partial charge is 0.396 e. The molecule has 2 rings (SSSR count). The van der Waals surface area contributed by atoms with Gasteiger partial charge in [0.15, 0.2) is 11.6 Å². The van der Waals surface area contributed by atoms with Gasteiger partial charge >= 0.3 is 0 Å². The monoisotopic (exact) mass is 568 g/mol. The first-order chi connectivity index (χ1) is 13.1. The molecule has 5 nitrogen and oxygen atoms in total. The van der Waals surface area contributed by atoms with Gasteiger partial charge in [-0.2, -0.15) is 0 Å². The molecular formula is C19H20BrF2IN2O3. The summed E-state index contributed by atoms with van der Waals surface area (Å²) in [5.41, 5.74) is 2.56. The van der Waals surface area contributed by atoms with Crippen molar-refractivity contribution in [2.24, 2.45) is 5.41 Å². The lowest BCUT2D eigenvalue weighted by molar-refractivity contribution is -0.0197. The minimum Gasteiger partial charge on any atom is -0.396 e. The van der Waals surface area contributed by atoms with Crippen LogP contribution in [0.2, 0.25) is 0 Å². The Kier molecular flexibility index (Phi) is 7.77. The molecule has 0 radical (unpaired) electrons. The van der Waals surface area contributed by atoms with Gasteiger partial charge in [-0.1, -0.05) is 13.8 Å². The molecule has 0 aliphatic rings. The molecular weight excluding hydrogens is 549 g/mol. The smallest absolute Gasteiger partial charge is 0.277 e. The van der Waals surface area contributed by atoms with Crippen LogP contribution in [0, 0.1) is 27.5 Å². The van der Waals surface area contributed by atoms with E-state index in [1.807, 2.05) is 19.1 Å². The zero-order chi connectivity index (χ0) is 21.1. The summed E-state index contributed by atoms with van der Waals surface area (Å²) in [6.07, 6.45) is 0. The molecule has 0 unspecified atom stereocenters. The van der Waals surface area contributed by atoms with Crippen LogP contribution in [0.1, 0.15) is 29.8 Å². The topological polar surface area (TPSA) is 70.6 Å². The first-order valence-electron chi connectivity index (χ1n) is 8.29. The van der Waals surface area contributed by atoms with Crippen molar-refractivity contribution in [2.45, 2.75) is 20.8 Å². The molecule has 28 heavy (non-hydrogen) atoms. The number of halogens is 4. The fourth-order valence-electron chi connectivity index (χ4n) is 2.20. The Hall–Kier alpha value is -1.30. The standard InChI is InChI=1S/C19H20BrF2IN2O3/c1-10-6-11(23)4-5-14(10)24-17-12(7-13(20)15(21)16(17)22)18(27)25-28-9-19(2,3)8-26/h4-7,24,26H,8-9H2,1-3H3,(H,25,27). The Labute approximate surface area is 184 Å². The number of carbonyl (C=O) groups excluding carboxylic acids is 1. The Balaban J connectivity index is 2.34. The molecule has 1 amide bonds. The highest BCUT2D eigenvalue weighted by Gasteiger charge is 2.24. The number of hydrogen-bond acceptors (Lipinski definition) is 4. The second kappa shape index (κ2) is 9.47. The summed E-state index contributed by atoms with van der Waals surface area (Å²) in [6, 6.07) is 6.58. The third-order valence-corrected chi connectivity index (χ3v) is 5.16. The number of nitrogens with one attached hydrogen (secondary N) is 2. The lowest BCUT2D eigenvalue weighted by Gasteiger charge is -2.21. The van der Waals surface area contributed by atoms with Crippen molar-refractivity contribution < 1.29 is 23.5 Å². The predicted octanol–water partition coefficient (Wildman–Crippen LogP) is 5.06. The fraction of sp³-hybridized carbons (Fsp3) is 0.316. The van der Waals surface area contributed by atoms with E-state index in [0.717, 1.165) is 9.13 Å². The van der Waals surface area contributed by atoms with Gasteiger partial charge in [-0.15, -0.1) is 0 Å². The molecule has 9 heteroatoms. The fourth-order valence-corrected chi connectivity index (χ4v) is 3.25. The Morgan fingerprint density at radius 1 is 1.29 bits per heavy atom. The lowest BCUT2D eigenvalue weighted by atomic mass is 9.97. The maximum atomic E-state index is 14.6. The van der Waals surface area contributed by atoms with Crippen LogP contribution in [0.25, 0.3) is 0 Å². The molecule has 2 aromatic rings. The quantitative estimate of drug-likeness (QED) is 0.248. The number of aliphatic hydroxyl groups excluding tert-OH is 1. The van der Waals surface area contributed by atoms with Crippen LogP contribution in [-0.2, 0) is 4.84 Å². The van der Waals surface area contributed by atoms with Crippen LogP contribution in [0.5, 0.6) is 0 Å². The number of hydroxylamine groups is 1. The third-order valence-electron chi connectivity index (χ3n) is 3.91. The Morgan fingerprint density at radius 3 is 2.57 bits per heavy atom. The van der Waals surface area contributed by atoms with Crippen LogP contribution in [0.3, 0.4) is 0 Å². The third kappa shape index (κ3) is 5.62. The Bertz CT molecular complexity index is 894. The maximum Gasteiger partial charge on any atom is 0.277 e. The second-order valence-corrected chi connectivity index (χ2v) is 9.14. The molecule has 0 aliphatic heterocycles. The molecule has 152 valence electrons. The number of hydrogen-bond donors (Lipinski definition) is 3. The van der Waals surface area contributed by atoms with Crippen LogP contribution < -0.4 is 10.8 Å². The van der Waals surface area contributed by atoms with Gasteiger partial charge in [0.25, 0.3) is 5.91 Å². The molecule has 0 heterocycles. The van der Waals surface area contributed by atoms with E-state index >= 15 is 0 Å². The second-order valence-electron chi connectivity index (χ2n) is 7.04. The van der Waals surface area contributed by atoms with Gasteiger partial charge in [0, 0.05) is 14.7 Å². The zero-order valence-electron chi connectivity index (χ0n) is 15.5. The summed E-state index contributed by atoms with van der Waals surface area (Å²) in [7, 11) is 0. The van der Waals surface area contributed by atoms with E-state index in [4.69, 9.17) is 4.84 Å².